The third-order valence-corrected chi connectivity index (χ3v) is 7.99. The Hall–Kier alpha value is -2.64. The highest BCUT2D eigenvalue weighted by Crippen LogP contribution is 2.21. The second-order valence-corrected chi connectivity index (χ2v) is 14.6. The monoisotopic (exact) mass is 454 g/mol. The second kappa shape index (κ2) is 10.3. The number of β-amino-alcohol motifs (C(OH)–C–C–N with tert-alkyl or cyclic N) is 1. The first-order chi connectivity index (χ1) is 15.2. The topological polar surface area (TPSA) is 78.9 Å². The van der Waals surface area contributed by atoms with E-state index < -0.39 is 20.2 Å². The summed E-state index contributed by atoms with van der Waals surface area (Å²) in [5, 5.41) is 14.2. The Balaban J connectivity index is 1.79. The van der Waals surface area contributed by atoms with Gasteiger partial charge in [0.2, 0.25) is 0 Å². The largest absolute Gasteiger partial charge is 0.497 e. The number of ketones is 1. The number of Topliss-reactive ketones (excluding diaryl/α,β-unsaturated/α-hetero) is 1. The number of piperidine rings is 1. The highest BCUT2D eigenvalue weighted by Gasteiger charge is 2.28. The maximum atomic E-state index is 13.3. The molecule has 3 rings (SSSR count). The van der Waals surface area contributed by atoms with Crippen LogP contribution in [0, 0.1) is 0 Å². The van der Waals surface area contributed by atoms with Gasteiger partial charge >= 0.3 is 6.03 Å². The van der Waals surface area contributed by atoms with E-state index in [0.717, 1.165) is 12.0 Å². The Kier molecular flexibility index (Phi) is 7.74. The molecule has 1 aliphatic heterocycles. The second-order valence-electron chi connectivity index (χ2n) is 9.49. The highest BCUT2D eigenvalue weighted by atomic mass is 28.3. The van der Waals surface area contributed by atoms with E-state index in [9.17, 15) is 14.7 Å². The number of carbonyl (C=O) groups excluding carboxylic acids is 2. The lowest BCUT2D eigenvalue weighted by Crippen LogP contribution is -2.49. The zero-order valence-corrected chi connectivity index (χ0v) is 20.4. The molecule has 2 unspecified atom stereocenters. The summed E-state index contributed by atoms with van der Waals surface area (Å²) in [7, 11) is 0.182. The summed E-state index contributed by atoms with van der Waals surface area (Å²) in [6, 6.07) is 14.3. The van der Waals surface area contributed by atoms with E-state index in [-0.39, 0.29) is 24.8 Å². The van der Waals surface area contributed by atoms with Crippen molar-refractivity contribution in [2.24, 2.45) is 0 Å². The Labute approximate surface area is 191 Å². The number of likely N-dealkylation sites (tertiary alicyclic amines) is 1. The summed E-state index contributed by atoms with van der Waals surface area (Å²) in [5.74, 6) is 0.606. The number of urea groups is 1. The molecule has 0 spiro atoms. The predicted octanol–water partition coefficient (Wildman–Crippen LogP) is 3.26. The number of rotatable bonds is 7. The third-order valence-electron chi connectivity index (χ3n) is 5.92. The number of amides is 2. The Morgan fingerprint density at radius 1 is 1.12 bits per heavy atom. The molecule has 2 N–H and O–H groups in total. The van der Waals surface area contributed by atoms with Gasteiger partial charge in [-0.3, -0.25) is 4.79 Å². The number of nitrogens with zero attached hydrogens (tertiary/aromatic N) is 1. The van der Waals surface area contributed by atoms with E-state index in [2.05, 4.69) is 37.1 Å². The zero-order valence-electron chi connectivity index (χ0n) is 19.4. The number of benzene rings is 2. The minimum atomic E-state index is -1.41. The molecule has 0 saturated carbocycles. The molecule has 1 aliphatic rings. The number of methoxy groups -OCH3 is 1. The quantitative estimate of drug-likeness (QED) is 0.630. The van der Waals surface area contributed by atoms with E-state index in [1.54, 1.807) is 36.3 Å². The normalized spacial score (nSPS) is 17.5. The van der Waals surface area contributed by atoms with Crippen molar-refractivity contribution < 1.29 is 19.4 Å². The maximum absolute atomic E-state index is 13.3. The molecule has 1 heterocycles. The molecule has 6 nitrogen and oxygen atoms in total. The van der Waals surface area contributed by atoms with Crippen LogP contribution in [0.4, 0.5) is 4.79 Å². The smallest absolute Gasteiger partial charge is 0.318 e. The van der Waals surface area contributed by atoms with Crippen molar-refractivity contribution in [2.45, 2.75) is 51.0 Å². The van der Waals surface area contributed by atoms with Crippen molar-refractivity contribution >= 4 is 25.1 Å². The minimum absolute atomic E-state index is 0.0816. The molecule has 7 heteroatoms. The molecule has 1 fully saturated rings. The molecule has 0 aliphatic carbocycles. The van der Waals surface area contributed by atoms with Crippen LogP contribution < -0.4 is 15.2 Å². The Morgan fingerprint density at radius 2 is 1.78 bits per heavy atom. The fraction of sp³-hybridized carbons (Fsp3) is 0.440. The SMILES string of the molecule is COc1ccc(C(NC(=O)N2CCCC(O)C2)C(=O)Cc2ccc([Si](C)(C)C)cc2)cc1. The van der Waals surface area contributed by atoms with Gasteiger partial charge in [0.25, 0.3) is 0 Å². The van der Waals surface area contributed by atoms with Gasteiger partial charge in [-0.25, -0.2) is 4.79 Å². The third kappa shape index (κ3) is 6.20. The van der Waals surface area contributed by atoms with Crippen LogP contribution >= 0.6 is 0 Å². The average Bonchev–Trinajstić information content (AvgIpc) is 2.77. The van der Waals surface area contributed by atoms with Gasteiger partial charge in [-0.1, -0.05) is 61.2 Å². The molecule has 2 aromatic rings. The number of aliphatic hydroxyl groups is 1. The molecule has 2 aromatic carbocycles. The highest BCUT2D eigenvalue weighted by molar-refractivity contribution is 6.88. The van der Waals surface area contributed by atoms with Crippen LogP contribution in [0.5, 0.6) is 5.75 Å². The van der Waals surface area contributed by atoms with E-state index >= 15 is 0 Å². The van der Waals surface area contributed by atoms with E-state index in [1.807, 2.05) is 12.1 Å². The lowest BCUT2D eigenvalue weighted by molar-refractivity contribution is -0.120. The Morgan fingerprint density at radius 3 is 2.34 bits per heavy atom. The fourth-order valence-electron chi connectivity index (χ4n) is 3.93. The molecular formula is C25H34N2O4Si. The van der Waals surface area contributed by atoms with Gasteiger partial charge in [-0.15, -0.1) is 0 Å². The summed E-state index contributed by atoms with van der Waals surface area (Å²) in [5.41, 5.74) is 1.64. The van der Waals surface area contributed by atoms with Crippen molar-refractivity contribution in [2.75, 3.05) is 20.2 Å². The van der Waals surface area contributed by atoms with Gasteiger partial charge in [0.05, 0.1) is 21.3 Å². The molecule has 2 atom stereocenters. The van der Waals surface area contributed by atoms with Crippen LogP contribution in [-0.2, 0) is 11.2 Å². The lowest BCUT2D eigenvalue weighted by atomic mass is 9.97. The van der Waals surface area contributed by atoms with Gasteiger partial charge in [0.1, 0.15) is 11.8 Å². The molecule has 0 radical (unpaired) electrons. The lowest BCUT2D eigenvalue weighted by Gasteiger charge is -2.31. The number of hydrogen-bond acceptors (Lipinski definition) is 4. The van der Waals surface area contributed by atoms with E-state index in [0.29, 0.717) is 24.3 Å². The number of nitrogens with one attached hydrogen (secondary N) is 1. The zero-order chi connectivity index (χ0) is 23.3. The molecule has 0 bridgehead atoms. The number of carbonyl (C=O) groups is 2. The number of ether oxygens (including phenoxy) is 1. The van der Waals surface area contributed by atoms with Crippen molar-refractivity contribution in [1.29, 1.82) is 0 Å². The van der Waals surface area contributed by atoms with Crippen LogP contribution in [-0.4, -0.2) is 56.2 Å². The van der Waals surface area contributed by atoms with Crippen LogP contribution in [0.15, 0.2) is 48.5 Å². The molecule has 172 valence electrons. The summed E-state index contributed by atoms with van der Waals surface area (Å²) in [6.07, 6.45) is 1.15. The van der Waals surface area contributed by atoms with Crippen molar-refractivity contribution in [3.63, 3.8) is 0 Å². The molecule has 32 heavy (non-hydrogen) atoms. The predicted molar refractivity (Wildman–Crippen MR) is 129 cm³/mol. The summed E-state index contributed by atoms with van der Waals surface area (Å²) in [6.45, 7) is 7.73. The first kappa shape index (κ1) is 24.0. The van der Waals surface area contributed by atoms with Crippen molar-refractivity contribution in [3.05, 3.63) is 59.7 Å². The number of hydrogen-bond donors (Lipinski definition) is 2. The maximum Gasteiger partial charge on any atom is 0.318 e. The molecule has 0 aromatic heterocycles. The van der Waals surface area contributed by atoms with Crippen LogP contribution in [0.1, 0.15) is 30.0 Å². The van der Waals surface area contributed by atoms with Crippen molar-refractivity contribution in [1.82, 2.24) is 10.2 Å². The molecule has 1 saturated heterocycles. The minimum Gasteiger partial charge on any atom is -0.497 e. The van der Waals surface area contributed by atoms with Gasteiger partial charge in [0.15, 0.2) is 5.78 Å². The van der Waals surface area contributed by atoms with E-state index in [1.165, 1.54) is 5.19 Å². The van der Waals surface area contributed by atoms with Crippen LogP contribution in [0.2, 0.25) is 19.6 Å². The standard InChI is InChI=1S/C25H34N2O4Si/c1-31-21-11-9-19(10-12-21)24(26-25(30)27-15-5-6-20(28)17-27)23(29)16-18-7-13-22(14-8-18)32(2,3)4/h7-14,20,24,28H,5-6,15-17H2,1-4H3,(H,26,30). The van der Waals surface area contributed by atoms with Gasteiger partial charge in [0, 0.05) is 19.5 Å². The molecular weight excluding hydrogens is 420 g/mol. The van der Waals surface area contributed by atoms with Crippen LogP contribution in [0.3, 0.4) is 0 Å². The van der Waals surface area contributed by atoms with Crippen LogP contribution in [0.25, 0.3) is 0 Å². The first-order valence-corrected chi connectivity index (χ1v) is 14.7. The summed E-state index contributed by atoms with van der Waals surface area (Å²) >= 11 is 0. The first-order valence-electron chi connectivity index (χ1n) is 11.2. The van der Waals surface area contributed by atoms with Gasteiger partial charge < -0.3 is 20.1 Å². The molecule has 2 amide bonds. The average molecular weight is 455 g/mol. The Bertz CT molecular complexity index is 922. The summed E-state index contributed by atoms with van der Waals surface area (Å²) in [4.78, 5) is 27.8. The summed E-state index contributed by atoms with van der Waals surface area (Å²) < 4.78 is 5.23. The number of aliphatic hydroxyl groups excluding tert-OH is 1. The van der Waals surface area contributed by atoms with E-state index in [4.69, 9.17) is 4.74 Å². The fourth-order valence-corrected chi connectivity index (χ4v) is 5.09. The van der Waals surface area contributed by atoms with Gasteiger partial charge in [-0.05, 0) is 36.1 Å². The van der Waals surface area contributed by atoms with Gasteiger partial charge in [-0.2, -0.15) is 0 Å². The van der Waals surface area contributed by atoms with Crippen molar-refractivity contribution in [3.8, 4) is 5.75 Å².